The monoisotopic (exact) mass is 379 g/mol. The molecule has 1 aromatic carbocycles. The molecule has 26 heavy (non-hydrogen) atoms. The van der Waals surface area contributed by atoms with Gasteiger partial charge in [-0.1, -0.05) is 25.4 Å². The van der Waals surface area contributed by atoms with Gasteiger partial charge in [-0.15, -0.1) is 0 Å². The van der Waals surface area contributed by atoms with Gasteiger partial charge in [-0.3, -0.25) is 4.79 Å². The van der Waals surface area contributed by atoms with E-state index in [0.717, 1.165) is 6.42 Å². The van der Waals surface area contributed by atoms with Gasteiger partial charge >= 0.3 is 0 Å². The molecule has 1 heterocycles. The molecule has 0 spiro atoms. The number of nitrogens with zero attached hydrogens (tertiary/aromatic N) is 1. The number of carbonyl (C=O) groups is 1. The van der Waals surface area contributed by atoms with Crippen molar-refractivity contribution in [3.63, 3.8) is 0 Å². The summed E-state index contributed by atoms with van der Waals surface area (Å²) in [6.45, 7) is 5.70. The fourth-order valence-corrected chi connectivity index (χ4v) is 2.85. The Morgan fingerprint density at radius 2 is 2.08 bits per heavy atom. The minimum atomic E-state index is -0.567. The Balaban J connectivity index is 2.20. The lowest BCUT2D eigenvalue weighted by Gasteiger charge is -2.17. The van der Waals surface area contributed by atoms with Crippen LogP contribution in [0.3, 0.4) is 0 Å². The molecule has 0 aliphatic carbocycles. The molecule has 3 N–H and O–H groups in total. The molecular formula is C19H23ClFN3O2. The molecule has 2 rings (SSSR count). The normalized spacial score (nSPS) is 12.1. The Morgan fingerprint density at radius 3 is 2.69 bits per heavy atom. The Kier molecular flexibility index (Phi) is 6.94. The summed E-state index contributed by atoms with van der Waals surface area (Å²) in [7, 11) is 0. The third-order valence-corrected chi connectivity index (χ3v) is 3.89. The molecule has 7 heteroatoms. The number of carbonyl (C=O) groups excluding carboxylic acids is 1. The molecule has 1 amide bonds. The van der Waals surface area contributed by atoms with Crippen molar-refractivity contribution in [2.75, 3.05) is 11.9 Å². The zero-order valence-electron chi connectivity index (χ0n) is 15.1. The highest BCUT2D eigenvalue weighted by Crippen LogP contribution is 2.34. The van der Waals surface area contributed by atoms with E-state index in [-0.39, 0.29) is 29.3 Å². The Labute approximate surface area is 157 Å². The zero-order chi connectivity index (χ0) is 19.3. The first-order valence-electron chi connectivity index (χ1n) is 8.37. The fourth-order valence-electron chi connectivity index (χ4n) is 2.59. The SMILES string of the molecule is CC(=O)Nc1cc(-c2cc(F)c(OCC(N)CC(C)C)c(Cl)c2)ccn1. The van der Waals surface area contributed by atoms with Crippen LogP contribution in [0.4, 0.5) is 10.2 Å². The molecular weight excluding hydrogens is 357 g/mol. The average molecular weight is 380 g/mol. The van der Waals surface area contributed by atoms with E-state index in [9.17, 15) is 9.18 Å². The number of benzene rings is 1. The molecule has 5 nitrogen and oxygen atoms in total. The molecule has 0 saturated heterocycles. The van der Waals surface area contributed by atoms with Crippen LogP contribution in [0.25, 0.3) is 11.1 Å². The van der Waals surface area contributed by atoms with E-state index in [2.05, 4.69) is 24.1 Å². The van der Waals surface area contributed by atoms with Crippen LogP contribution in [0.1, 0.15) is 27.2 Å². The van der Waals surface area contributed by atoms with E-state index in [0.29, 0.717) is 22.9 Å². The fraction of sp³-hybridized carbons (Fsp3) is 0.368. The first-order valence-corrected chi connectivity index (χ1v) is 8.75. The van der Waals surface area contributed by atoms with E-state index in [1.54, 1.807) is 18.2 Å². The van der Waals surface area contributed by atoms with Gasteiger partial charge in [0.25, 0.3) is 0 Å². The summed E-state index contributed by atoms with van der Waals surface area (Å²) in [5.74, 6) is 0.000514. The Bertz CT molecular complexity index is 760. The smallest absolute Gasteiger partial charge is 0.222 e. The number of rotatable bonds is 7. The van der Waals surface area contributed by atoms with Crippen LogP contribution >= 0.6 is 11.6 Å². The maximum Gasteiger partial charge on any atom is 0.222 e. The highest BCUT2D eigenvalue weighted by molar-refractivity contribution is 6.32. The summed E-state index contributed by atoms with van der Waals surface area (Å²) in [5.41, 5.74) is 7.20. The number of pyridine rings is 1. The molecule has 0 aliphatic heterocycles. The van der Waals surface area contributed by atoms with Gasteiger partial charge in [-0.05, 0) is 47.7 Å². The van der Waals surface area contributed by atoms with Crippen LogP contribution in [0.15, 0.2) is 30.5 Å². The van der Waals surface area contributed by atoms with Crippen molar-refractivity contribution < 1.29 is 13.9 Å². The third kappa shape index (κ3) is 5.68. The second-order valence-corrected chi connectivity index (χ2v) is 6.99. The van der Waals surface area contributed by atoms with E-state index in [4.69, 9.17) is 22.1 Å². The first-order chi connectivity index (χ1) is 12.3. The van der Waals surface area contributed by atoms with Gasteiger partial charge in [-0.25, -0.2) is 9.37 Å². The molecule has 140 valence electrons. The molecule has 2 aromatic rings. The summed E-state index contributed by atoms with van der Waals surface area (Å²) < 4.78 is 20.0. The highest BCUT2D eigenvalue weighted by Gasteiger charge is 2.15. The number of amides is 1. The lowest BCUT2D eigenvalue weighted by Crippen LogP contribution is -2.29. The number of nitrogens with two attached hydrogens (primary N) is 1. The second-order valence-electron chi connectivity index (χ2n) is 6.58. The van der Waals surface area contributed by atoms with E-state index < -0.39 is 5.82 Å². The minimum Gasteiger partial charge on any atom is -0.487 e. The van der Waals surface area contributed by atoms with E-state index in [1.807, 2.05) is 0 Å². The summed E-state index contributed by atoms with van der Waals surface area (Å²) in [6.07, 6.45) is 2.31. The number of nitrogens with one attached hydrogen (secondary N) is 1. The van der Waals surface area contributed by atoms with Gasteiger partial charge in [-0.2, -0.15) is 0 Å². The average Bonchev–Trinajstić information content (AvgIpc) is 2.52. The van der Waals surface area contributed by atoms with Crippen molar-refractivity contribution in [2.24, 2.45) is 11.7 Å². The molecule has 0 bridgehead atoms. The molecule has 0 saturated carbocycles. The number of hydrogen-bond donors (Lipinski definition) is 2. The Hall–Kier alpha value is -2.18. The predicted molar refractivity (Wildman–Crippen MR) is 102 cm³/mol. The van der Waals surface area contributed by atoms with Gasteiger partial charge in [0.05, 0.1) is 5.02 Å². The van der Waals surface area contributed by atoms with Crippen molar-refractivity contribution in [1.82, 2.24) is 4.98 Å². The van der Waals surface area contributed by atoms with Crippen molar-refractivity contribution in [3.8, 4) is 16.9 Å². The molecule has 0 aliphatic rings. The van der Waals surface area contributed by atoms with Gasteiger partial charge in [0.15, 0.2) is 11.6 Å². The van der Waals surface area contributed by atoms with E-state index >= 15 is 0 Å². The molecule has 0 fully saturated rings. The second kappa shape index (κ2) is 8.96. The number of aromatic nitrogens is 1. The highest BCUT2D eigenvalue weighted by atomic mass is 35.5. The number of ether oxygens (including phenoxy) is 1. The molecule has 0 radical (unpaired) electrons. The maximum absolute atomic E-state index is 14.5. The first kappa shape index (κ1) is 20.1. The van der Waals surface area contributed by atoms with Crippen LogP contribution in [0, 0.1) is 11.7 Å². The summed E-state index contributed by atoms with van der Waals surface area (Å²) >= 11 is 6.21. The van der Waals surface area contributed by atoms with Crippen molar-refractivity contribution >= 4 is 23.3 Å². The minimum absolute atomic E-state index is 0.00855. The van der Waals surface area contributed by atoms with Crippen LogP contribution in [0.2, 0.25) is 5.02 Å². The van der Waals surface area contributed by atoms with E-state index in [1.165, 1.54) is 19.2 Å². The molecule has 1 atom stereocenters. The standard InChI is InChI=1S/C19H23ClFN3O2/c1-11(2)6-15(22)10-26-19-16(20)7-14(8-17(19)21)13-4-5-23-18(9-13)24-12(3)25/h4-5,7-9,11,15H,6,10,22H2,1-3H3,(H,23,24,25). The van der Waals surface area contributed by atoms with Gasteiger partial charge in [0, 0.05) is 19.2 Å². The maximum atomic E-state index is 14.5. The summed E-state index contributed by atoms with van der Waals surface area (Å²) in [6, 6.07) is 6.11. The summed E-state index contributed by atoms with van der Waals surface area (Å²) in [4.78, 5) is 15.2. The van der Waals surface area contributed by atoms with Crippen LogP contribution < -0.4 is 15.8 Å². The summed E-state index contributed by atoms with van der Waals surface area (Å²) in [5, 5.41) is 2.75. The van der Waals surface area contributed by atoms with Gasteiger partial charge in [0.2, 0.25) is 5.91 Å². The lowest BCUT2D eigenvalue weighted by atomic mass is 10.1. The molecule has 1 unspecified atom stereocenters. The van der Waals surface area contributed by atoms with Crippen molar-refractivity contribution in [2.45, 2.75) is 33.2 Å². The predicted octanol–water partition coefficient (Wildman–Crippen LogP) is 4.25. The number of anilines is 1. The van der Waals surface area contributed by atoms with Gasteiger partial charge < -0.3 is 15.8 Å². The lowest BCUT2D eigenvalue weighted by molar-refractivity contribution is -0.114. The van der Waals surface area contributed by atoms with Gasteiger partial charge in [0.1, 0.15) is 12.4 Å². The van der Waals surface area contributed by atoms with Crippen LogP contribution in [-0.2, 0) is 4.79 Å². The molecule has 1 aromatic heterocycles. The third-order valence-electron chi connectivity index (χ3n) is 3.61. The Morgan fingerprint density at radius 1 is 1.35 bits per heavy atom. The number of halogens is 2. The topological polar surface area (TPSA) is 77.2 Å². The largest absolute Gasteiger partial charge is 0.487 e. The van der Waals surface area contributed by atoms with Crippen molar-refractivity contribution in [3.05, 3.63) is 41.3 Å². The van der Waals surface area contributed by atoms with Crippen LogP contribution in [-0.4, -0.2) is 23.5 Å². The zero-order valence-corrected chi connectivity index (χ0v) is 15.8. The van der Waals surface area contributed by atoms with Crippen molar-refractivity contribution in [1.29, 1.82) is 0 Å². The van der Waals surface area contributed by atoms with Crippen LogP contribution in [0.5, 0.6) is 5.75 Å². The number of hydrogen-bond acceptors (Lipinski definition) is 4. The quantitative estimate of drug-likeness (QED) is 0.753.